The van der Waals surface area contributed by atoms with Gasteiger partial charge in [0.05, 0.1) is 13.2 Å². The average molecular weight is 342 g/mol. The van der Waals surface area contributed by atoms with Crippen molar-refractivity contribution in [2.75, 3.05) is 53.0 Å². The first-order valence-electron chi connectivity index (χ1n) is 7.42. The zero-order valence-electron chi connectivity index (χ0n) is 13.0. The van der Waals surface area contributed by atoms with Gasteiger partial charge < -0.3 is 15.0 Å². The normalized spacial score (nSPS) is 22.4. The van der Waals surface area contributed by atoms with Gasteiger partial charge in [-0.2, -0.15) is 0 Å². The SMILES string of the molecule is COCCN1CCN(C(=O)CNCC2CC2)CC1C.Cl.Cl. The second-order valence-corrected chi connectivity index (χ2v) is 5.79. The number of carbonyl (C=O) groups excluding carboxylic acids is 1. The molecule has 2 fully saturated rings. The minimum Gasteiger partial charge on any atom is -0.383 e. The number of carbonyl (C=O) groups is 1. The van der Waals surface area contributed by atoms with Crippen LogP contribution in [0.15, 0.2) is 0 Å². The number of amides is 1. The molecule has 0 aromatic rings. The molecule has 0 aromatic heterocycles. The van der Waals surface area contributed by atoms with E-state index in [2.05, 4.69) is 17.1 Å². The van der Waals surface area contributed by atoms with E-state index in [-0.39, 0.29) is 30.7 Å². The van der Waals surface area contributed by atoms with Crippen molar-refractivity contribution < 1.29 is 9.53 Å². The van der Waals surface area contributed by atoms with E-state index in [1.165, 1.54) is 12.8 Å². The van der Waals surface area contributed by atoms with Gasteiger partial charge >= 0.3 is 0 Å². The highest BCUT2D eigenvalue weighted by Crippen LogP contribution is 2.27. The zero-order valence-corrected chi connectivity index (χ0v) is 14.7. The van der Waals surface area contributed by atoms with Crippen LogP contribution in [0.1, 0.15) is 19.8 Å². The molecule has 1 N–H and O–H groups in total. The van der Waals surface area contributed by atoms with Crippen LogP contribution in [0.4, 0.5) is 0 Å². The van der Waals surface area contributed by atoms with Crippen molar-refractivity contribution in [3.63, 3.8) is 0 Å². The van der Waals surface area contributed by atoms with Crippen LogP contribution in [0.2, 0.25) is 0 Å². The lowest BCUT2D eigenvalue weighted by molar-refractivity contribution is -0.133. The molecule has 1 aliphatic carbocycles. The summed E-state index contributed by atoms with van der Waals surface area (Å²) in [6.07, 6.45) is 2.66. The Bertz CT molecular complexity index is 304. The molecule has 1 unspecified atom stereocenters. The quantitative estimate of drug-likeness (QED) is 0.750. The number of nitrogens with zero attached hydrogens (tertiary/aromatic N) is 2. The Morgan fingerprint density at radius 2 is 2.00 bits per heavy atom. The van der Waals surface area contributed by atoms with E-state index in [1.807, 2.05) is 4.90 Å². The van der Waals surface area contributed by atoms with Crippen molar-refractivity contribution in [2.45, 2.75) is 25.8 Å². The minimum atomic E-state index is 0. The van der Waals surface area contributed by atoms with E-state index >= 15 is 0 Å². The molecule has 1 heterocycles. The number of hydrogen-bond donors (Lipinski definition) is 1. The maximum absolute atomic E-state index is 12.1. The molecule has 21 heavy (non-hydrogen) atoms. The summed E-state index contributed by atoms with van der Waals surface area (Å²) < 4.78 is 5.12. The Morgan fingerprint density at radius 3 is 2.57 bits per heavy atom. The Hall–Kier alpha value is -0.0700. The topological polar surface area (TPSA) is 44.8 Å². The van der Waals surface area contributed by atoms with Crippen LogP contribution < -0.4 is 5.32 Å². The molecule has 5 nitrogen and oxygen atoms in total. The molecule has 1 saturated heterocycles. The number of halogens is 2. The van der Waals surface area contributed by atoms with Crippen LogP contribution in [0.3, 0.4) is 0 Å². The fraction of sp³-hybridized carbons (Fsp3) is 0.929. The van der Waals surface area contributed by atoms with Gasteiger partial charge in [-0.05, 0) is 32.2 Å². The van der Waals surface area contributed by atoms with Gasteiger partial charge in [-0.25, -0.2) is 0 Å². The second-order valence-electron chi connectivity index (χ2n) is 5.79. The molecule has 1 aliphatic heterocycles. The predicted molar refractivity (Wildman–Crippen MR) is 89.6 cm³/mol. The standard InChI is InChI=1S/C14H27N3O2.2ClH/c1-12-11-17(6-5-16(12)7-8-19-2)14(18)10-15-9-13-3-4-13;;/h12-13,15H,3-11H2,1-2H3;2*1H. The fourth-order valence-corrected chi connectivity index (χ4v) is 2.58. The number of hydrogen-bond acceptors (Lipinski definition) is 4. The summed E-state index contributed by atoms with van der Waals surface area (Å²) in [6, 6.07) is 0.427. The molecule has 0 aromatic carbocycles. The fourth-order valence-electron chi connectivity index (χ4n) is 2.58. The summed E-state index contributed by atoms with van der Waals surface area (Å²) in [7, 11) is 1.73. The van der Waals surface area contributed by atoms with Crippen LogP contribution in [0, 0.1) is 5.92 Å². The summed E-state index contributed by atoms with van der Waals surface area (Å²) in [5.41, 5.74) is 0. The molecule has 1 atom stereocenters. The van der Waals surface area contributed by atoms with Crippen molar-refractivity contribution >= 4 is 30.7 Å². The molecular weight excluding hydrogens is 313 g/mol. The molecule has 2 rings (SSSR count). The summed E-state index contributed by atoms with van der Waals surface area (Å²) in [6.45, 7) is 8.06. The van der Waals surface area contributed by atoms with Gasteiger partial charge in [0, 0.05) is 39.3 Å². The van der Waals surface area contributed by atoms with E-state index in [4.69, 9.17) is 4.74 Å². The molecule has 0 radical (unpaired) electrons. The predicted octanol–water partition coefficient (Wildman–Crippen LogP) is 1.01. The maximum Gasteiger partial charge on any atom is 0.236 e. The summed E-state index contributed by atoms with van der Waals surface area (Å²) in [4.78, 5) is 16.5. The van der Waals surface area contributed by atoms with Gasteiger partial charge in [-0.15, -0.1) is 24.8 Å². The van der Waals surface area contributed by atoms with E-state index in [9.17, 15) is 4.79 Å². The highest BCUT2D eigenvalue weighted by molar-refractivity contribution is 5.85. The Kier molecular flexibility index (Phi) is 10.6. The average Bonchev–Trinajstić information content (AvgIpc) is 3.21. The van der Waals surface area contributed by atoms with Crippen LogP contribution in [0.5, 0.6) is 0 Å². The third-order valence-electron chi connectivity index (χ3n) is 4.11. The first kappa shape index (κ1) is 20.9. The first-order chi connectivity index (χ1) is 9.20. The smallest absolute Gasteiger partial charge is 0.236 e. The molecule has 1 saturated carbocycles. The van der Waals surface area contributed by atoms with E-state index < -0.39 is 0 Å². The third kappa shape index (κ3) is 7.15. The van der Waals surface area contributed by atoms with Gasteiger partial charge in [0.1, 0.15) is 0 Å². The summed E-state index contributed by atoms with van der Waals surface area (Å²) >= 11 is 0. The lowest BCUT2D eigenvalue weighted by Crippen LogP contribution is -2.55. The Morgan fingerprint density at radius 1 is 1.29 bits per heavy atom. The number of methoxy groups -OCH3 is 1. The zero-order chi connectivity index (χ0) is 13.7. The molecule has 2 aliphatic rings. The minimum absolute atomic E-state index is 0. The lowest BCUT2D eigenvalue weighted by atomic mass is 10.2. The number of rotatable bonds is 7. The van der Waals surface area contributed by atoms with Crippen molar-refractivity contribution in [1.82, 2.24) is 15.1 Å². The van der Waals surface area contributed by atoms with E-state index in [0.717, 1.165) is 45.2 Å². The molecule has 7 heteroatoms. The molecule has 1 amide bonds. The van der Waals surface area contributed by atoms with Gasteiger partial charge in [0.2, 0.25) is 5.91 Å². The van der Waals surface area contributed by atoms with E-state index in [0.29, 0.717) is 12.6 Å². The van der Waals surface area contributed by atoms with Crippen molar-refractivity contribution in [3.8, 4) is 0 Å². The first-order valence-corrected chi connectivity index (χ1v) is 7.42. The Balaban J connectivity index is 0.00000200. The second kappa shape index (κ2) is 10.6. The monoisotopic (exact) mass is 341 g/mol. The largest absolute Gasteiger partial charge is 0.383 e. The maximum atomic E-state index is 12.1. The number of nitrogens with one attached hydrogen (secondary N) is 1. The molecule has 0 bridgehead atoms. The molecule has 0 spiro atoms. The highest BCUT2D eigenvalue weighted by atomic mass is 35.5. The van der Waals surface area contributed by atoms with E-state index in [1.54, 1.807) is 7.11 Å². The summed E-state index contributed by atoms with van der Waals surface area (Å²) in [5.74, 6) is 1.08. The van der Waals surface area contributed by atoms with Crippen molar-refractivity contribution in [1.29, 1.82) is 0 Å². The van der Waals surface area contributed by atoms with Crippen LogP contribution in [-0.4, -0.2) is 74.7 Å². The van der Waals surface area contributed by atoms with Gasteiger partial charge in [-0.3, -0.25) is 9.69 Å². The van der Waals surface area contributed by atoms with Gasteiger partial charge in [-0.1, -0.05) is 0 Å². The van der Waals surface area contributed by atoms with Gasteiger partial charge in [0.25, 0.3) is 0 Å². The lowest BCUT2D eigenvalue weighted by Gasteiger charge is -2.39. The van der Waals surface area contributed by atoms with Crippen molar-refractivity contribution in [2.24, 2.45) is 5.92 Å². The van der Waals surface area contributed by atoms with Crippen molar-refractivity contribution in [3.05, 3.63) is 0 Å². The number of piperazine rings is 1. The van der Waals surface area contributed by atoms with Gasteiger partial charge in [0.15, 0.2) is 0 Å². The summed E-state index contributed by atoms with van der Waals surface area (Å²) in [5, 5.41) is 3.28. The third-order valence-corrected chi connectivity index (χ3v) is 4.11. The molecule has 126 valence electrons. The van der Waals surface area contributed by atoms with Crippen LogP contribution >= 0.6 is 24.8 Å². The van der Waals surface area contributed by atoms with Crippen LogP contribution in [0.25, 0.3) is 0 Å². The van der Waals surface area contributed by atoms with Crippen LogP contribution in [-0.2, 0) is 9.53 Å². The highest BCUT2D eigenvalue weighted by Gasteiger charge is 2.26. The Labute approximate surface area is 140 Å². The molecular formula is C14H29Cl2N3O2. The number of ether oxygens (including phenoxy) is 1.